The van der Waals surface area contributed by atoms with Crippen molar-refractivity contribution in [1.82, 2.24) is 0 Å². The second kappa shape index (κ2) is 7.18. The number of nitrogens with zero attached hydrogens (tertiary/aromatic N) is 3. The highest BCUT2D eigenvalue weighted by molar-refractivity contribution is 9.10. The number of carbonyl (C=O) groups is 2. The first-order valence-corrected chi connectivity index (χ1v) is 10.2. The first-order valence-electron chi connectivity index (χ1n) is 9.37. The number of hydrazone groups is 1. The van der Waals surface area contributed by atoms with Crippen molar-refractivity contribution in [2.75, 3.05) is 9.91 Å². The summed E-state index contributed by atoms with van der Waals surface area (Å²) < 4.78 is 14.3. The molecule has 30 heavy (non-hydrogen) atoms. The summed E-state index contributed by atoms with van der Waals surface area (Å²) in [5.41, 5.74) is 2.39. The second-order valence-corrected chi connectivity index (χ2v) is 8.00. The maximum atomic E-state index is 13.4. The van der Waals surface area contributed by atoms with E-state index in [4.69, 9.17) is 5.10 Å². The van der Waals surface area contributed by atoms with Gasteiger partial charge in [-0.05, 0) is 54.1 Å². The number of rotatable bonds is 3. The molecule has 0 aromatic heterocycles. The van der Waals surface area contributed by atoms with Gasteiger partial charge >= 0.3 is 0 Å². The lowest BCUT2D eigenvalue weighted by molar-refractivity contribution is -0.121. The highest BCUT2D eigenvalue weighted by atomic mass is 79.9. The van der Waals surface area contributed by atoms with Crippen LogP contribution in [0, 0.1) is 11.7 Å². The maximum absolute atomic E-state index is 13.4. The highest BCUT2D eigenvalue weighted by Gasteiger charge is 2.57. The maximum Gasteiger partial charge on any atom is 0.259 e. The van der Waals surface area contributed by atoms with Crippen LogP contribution in [-0.4, -0.2) is 23.6 Å². The molecule has 5 rings (SSSR count). The molecule has 0 bridgehead atoms. The highest BCUT2D eigenvalue weighted by Crippen LogP contribution is 2.39. The van der Waals surface area contributed by atoms with Crippen LogP contribution in [0.4, 0.5) is 15.8 Å². The van der Waals surface area contributed by atoms with Crippen molar-refractivity contribution in [1.29, 1.82) is 0 Å². The molecule has 0 unspecified atom stereocenters. The number of para-hydroxylation sites is 1. The van der Waals surface area contributed by atoms with Crippen molar-refractivity contribution in [3.63, 3.8) is 0 Å². The zero-order valence-electron chi connectivity index (χ0n) is 15.6. The molecule has 0 N–H and O–H groups in total. The monoisotopic (exact) mass is 463 g/mol. The molecule has 3 aromatic carbocycles. The summed E-state index contributed by atoms with van der Waals surface area (Å²) in [4.78, 5) is 27.9. The molecule has 5 nitrogen and oxygen atoms in total. The Morgan fingerprint density at radius 3 is 2.13 bits per heavy atom. The predicted octanol–water partition coefficient (Wildman–Crippen LogP) is 4.37. The van der Waals surface area contributed by atoms with Crippen molar-refractivity contribution in [2.45, 2.75) is 6.04 Å². The van der Waals surface area contributed by atoms with Gasteiger partial charge in [0.05, 0.1) is 17.1 Å². The molecule has 2 aliphatic rings. The van der Waals surface area contributed by atoms with Crippen molar-refractivity contribution in [3.8, 4) is 0 Å². The average molecular weight is 464 g/mol. The third kappa shape index (κ3) is 2.93. The molecule has 0 aliphatic carbocycles. The van der Waals surface area contributed by atoms with Crippen LogP contribution < -0.4 is 9.91 Å². The lowest BCUT2D eigenvalue weighted by atomic mass is 9.93. The van der Waals surface area contributed by atoms with Gasteiger partial charge in [0.25, 0.3) is 5.91 Å². The van der Waals surface area contributed by atoms with Crippen LogP contribution in [-0.2, 0) is 9.59 Å². The predicted molar refractivity (Wildman–Crippen MR) is 116 cm³/mol. The Labute approximate surface area is 180 Å². The topological polar surface area (TPSA) is 53.0 Å². The summed E-state index contributed by atoms with van der Waals surface area (Å²) in [6.45, 7) is 0. The van der Waals surface area contributed by atoms with E-state index in [2.05, 4.69) is 15.9 Å². The summed E-state index contributed by atoms with van der Waals surface area (Å²) in [6.07, 6.45) is 0. The Hall–Kier alpha value is -3.32. The summed E-state index contributed by atoms with van der Waals surface area (Å²) >= 11 is 3.42. The molecule has 1 fully saturated rings. The number of halogens is 2. The third-order valence-electron chi connectivity index (χ3n) is 5.29. The minimum atomic E-state index is -0.788. The van der Waals surface area contributed by atoms with Gasteiger partial charge in [-0.2, -0.15) is 5.10 Å². The molecule has 0 spiro atoms. The molecule has 0 saturated carbocycles. The number of benzene rings is 3. The Balaban J connectivity index is 1.63. The lowest BCUT2D eigenvalue weighted by Crippen LogP contribution is -2.39. The van der Waals surface area contributed by atoms with E-state index < -0.39 is 17.8 Å². The van der Waals surface area contributed by atoms with Gasteiger partial charge in [0, 0.05) is 4.47 Å². The summed E-state index contributed by atoms with van der Waals surface area (Å²) in [7, 11) is 0. The van der Waals surface area contributed by atoms with E-state index in [1.165, 1.54) is 24.3 Å². The Morgan fingerprint density at radius 1 is 0.800 bits per heavy atom. The van der Waals surface area contributed by atoms with E-state index >= 15 is 0 Å². The van der Waals surface area contributed by atoms with Crippen LogP contribution in [0.15, 0.2) is 88.4 Å². The number of hydrogen-bond donors (Lipinski definition) is 0. The molecule has 2 atom stereocenters. The summed E-state index contributed by atoms with van der Waals surface area (Å²) in [5, 5.41) is 6.31. The SMILES string of the molecule is O=C1[C@H]2C(c3ccc(Br)cc3)=NN(c3ccccc3)[C@@H]2C(=O)N1c1ccc(F)cc1. The zero-order valence-corrected chi connectivity index (χ0v) is 17.2. The van der Waals surface area contributed by atoms with Crippen molar-refractivity contribution in [2.24, 2.45) is 11.0 Å². The van der Waals surface area contributed by atoms with Gasteiger partial charge in [0.2, 0.25) is 5.91 Å². The molecule has 148 valence electrons. The van der Waals surface area contributed by atoms with Crippen LogP contribution in [0.2, 0.25) is 0 Å². The molecule has 1 saturated heterocycles. The van der Waals surface area contributed by atoms with E-state index in [1.807, 2.05) is 54.6 Å². The second-order valence-electron chi connectivity index (χ2n) is 7.08. The summed E-state index contributed by atoms with van der Waals surface area (Å²) in [5.74, 6) is -1.92. The largest absolute Gasteiger partial charge is 0.273 e. The number of carbonyl (C=O) groups excluding carboxylic acids is 2. The molecular weight excluding hydrogens is 449 g/mol. The van der Waals surface area contributed by atoms with E-state index in [0.29, 0.717) is 11.4 Å². The average Bonchev–Trinajstić information content (AvgIpc) is 3.27. The van der Waals surface area contributed by atoms with Gasteiger partial charge in [0.15, 0.2) is 0 Å². The van der Waals surface area contributed by atoms with Crippen molar-refractivity contribution in [3.05, 3.63) is 94.7 Å². The van der Waals surface area contributed by atoms with Gasteiger partial charge in [-0.25, -0.2) is 9.29 Å². The Kier molecular flexibility index (Phi) is 4.47. The van der Waals surface area contributed by atoms with Crippen LogP contribution in [0.1, 0.15) is 5.56 Å². The zero-order chi connectivity index (χ0) is 20.8. The van der Waals surface area contributed by atoms with Gasteiger partial charge in [-0.1, -0.05) is 46.3 Å². The van der Waals surface area contributed by atoms with E-state index in [1.54, 1.807) is 5.01 Å². The fourth-order valence-corrected chi connectivity index (χ4v) is 4.18. The molecule has 0 radical (unpaired) electrons. The van der Waals surface area contributed by atoms with Gasteiger partial charge < -0.3 is 0 Å². The smallest absolute Gasteiger partial charge is 0.259 e. The van der Waals surface area contributed by atoms with Crippen LogP contribution in [0.3, 0.4) is 0 Å². The fourth-order valence-electron chi connectivity index (χ4n) is 3.91. The van der Waals surface area contributed by atoms with E-state index in [9.17, 15) is 14.0 Å². The van der Waals surface area contributed by atoms with Crippen LogP contribution in [0.25, 0.3) is 0 Å². The number of fused-ring (bicyclic) bond motifs is 1. The van der Waals surface area contributed by atoms with Crippen molar-refractivity contribution >= 4 is 44.8 Å². The first-order chi connectivity index (χ1) is 14.5. The van der Waals surface area contributed by atoms with Crippen LogP contribution >= 0.6 is 15.9 Å². The first kappa shape index (κ1) is 18.7. The molecule has 2 heterocycles. The number of hydrogen-bond acceptors (Lipinski definition) is 4. The molecule has 2 amide bonds. The number of imide groups is 1. The third-order valence-corrected chi connectivity index (χ3v) is 5.82. The molecule has 7 heteroatoms. The van der Waals surface area contributed by atoms with E-state index in [-0.39, 0.29) is 11.8 Å². The Bertz CT molecular complexity index is 1160. The van der Waals surface area contributed by atoms with E-state index in [0.717, 1.165) is 20.6 Å². The number of amides is 2. The number of anilines is 2. The summed E-state index contributed by atoms with van der Waals surface area (Å²) in [6, 6.07) is 21.3. The standard InChI is InChI=1S/C23H15BrFN3O2/c24-15-8-6-14(7-9-15)20-19-21(28(26-20)18-4-2-1-3-5-18)23(30)27(22(19)29)17-12-10-16(25)11-13-17/h1-13,19,21H/t19-,21-/m0/s1. The molecule has 2 aliphatic heterocycles. The molecular formula is C23H15BrFN3O2. The normalized spacial score (nSPS) is 20.5. The van der Waals surface area contributed by atoms with Gasteiger partial charge in [0.1, 0.15) is 17.8 Å². The van der Waals surface area contributed by atoms with Crippen LogP contribution in [0.5, 0.6) is 0 Å². The lowest BCUT2D eigenvalue weighted by Gasteiger charge is -2.22. The van der Waals surface area contributed by atoms with Crippen molar-refractivity contribution < 1.29 is 14.0 Å². The van der Waals surface area contributed by atoms with Gasteiger partial charge in [-0.3, -0.25) is 14.6 Å². The van der Waals surface area contributed by atoms with Gasteiger partial charge in [-0.15, -0.1) is 0 Å². The minimum absolute atomic E-state index is 0.351. The fraction of sp³-hybridized carbons (Fsp3) is 0.0870. The minimum Gasteiger partial charge on any atom is -0.273 e. The Morgan fingerprint density at radius 2 is 1.47 bits per heavy atom. The quantitative estimate of drug-likeness (QED) is 0.541. The molecule has 3 aromatic rings.